The van der Waals surface area contributed by atoms with Gasteiger partial charge in [0.2, 0.25) is 5.91 Å². The molecule has 2 aromatic rings. The largest absolute Gasteiger partial charge is 0.386 e. The molecule has 3 rings (SSSR count). The molecule has 0 radical (unpaired) electrons. The van der Waals surface area contributed by atoms with Gasteiger partial charge in [-0.25, -0.2) is 4.39 Å². The zero-order valence-electron chi connectivity index (χ0n) is 13.0. The maximum Gasteiger partial charge on any atom is 0.230 e. The summed E-state index contributed by atoms with van der Waals surface area (Å²) in [5.74, 6) is -0.491. The molecule has 1 fully saturated rings. The van der Waals surface area contributed by atoms with Crippen molar-refractivity contribution in [3.05, 3.63) is 53.6 Å². The smallest absolute Gasteiger partial charge is 0.230 e. The zero-order valence-corrected chi connectivity index (χ0v) is 13.0. The molecule has 122 valence electrons. The Morgan fingerprint density at radius 2 is 2.30 bits per heavy atom. The standard InChI is InChI=1S/C17H20FN3O2/c1-21-11-12(9-20-21)15(22)10-19-16(23)17(6-3-7-17)13-4-2-5-14(18)8-13/h2,4-5,8-9,11,15,22H,3,6-7,10H2,1H3,(H,19,23)/t15-/m1/s1. The monoisotopic (exact) mass is 317 g/mol. The number of amides is 1. The van der Waals surface area contributed by atoms with Gasteiger partial charge in [-0.15, -0.1) is 0 Å². The average Bonchev–Trinajstić information content (AvgIpc) is 2.90. The lowest BCUT2D eigenvalue weighted by Gasteiger charge is -2.40. The van der Waals surface area contributed by atoms with Gasteiger partial charge < -0.3 is 10.4 Å². The molecular weight excluding hydrogens is 297 g/mol. The van der Waals surface area contributed by atoms with Gasteiger partial charge in [0.25, 0.3) is 0 Å². The molecule has 5 nitrogen and oxygen atoms in total. The van der Waals surface area contributed by atoms with Crippen molar-refractivity contribution in [2.24, 2.45) is 7.05 Å². The molecule has 0 bridgehead atoms. The van der Waals surface area contributed by atoms with Crippen LogP contribution in [0, 0.1) is 5.82 Å². The van der Waals surface area contributed by atoms with Gasteiger partial charge in [0.05, 0.1) is 17.7 Å². The van der Waals surface area contributed by atoms with Crippen LogP contribution in [0.2, 0.25) is 0 Å². The molecule has 6 heteroatoms. The molecule has 1 aromatic carbocycles. The van der Waals surface area contributed by atoms with Crippen LogP contribution in [0.25, 0.3) is 0 Å². The molecule has 1 heterocycles. The number of halogens is 1. The molecule has 0 saturated heterocycles. The Morgan fingerprint density at radius 1 is 1.52 bits per heavy atom. The van der Waals surface area contributed by atoms with Crippen LogP contribution in [0.3, 0.4) is 0 Å². The second-order valence-electron chi connectivity index (χ2n) is 6.12. The van der Waals surface area contributed by atoms with E-state index < -0.39 is 11.5 Å². The summed E-state index contributed by atoms with van der Waals surface area (Å²) in [6.45, 7) is 0.113. The number of aryl methyl sites for hydroxylation is 1. The minimum absolute atomic E-state index is 0.113. The zero-order chi connectivity index (χ0) is 16.4. The van der Waals surface area contributed by atoms with E-state index in [1.54, 1.807) is 36.3 Å². The minimum Gasteiger partial charge on any atom is -0.386 e. The van der Waals surface area contributed by atoms with Crippen molar-refractivity contribution >= 4 is 5.91 Å². The molecule has 1 aromatic heterocycles. The van der Waals surface area contributed by atoms with Crippen molar-refractivity contribution < 1.29 is 14.3 Å². The Morgan fingerprint density at radius 3 is 2.87 bits per heavy atom. The van der Waals surface area contributed by atoms with Gasteiger partial charge in [-0.05, 0) is 30.5 Å². The molecule has 0 aliphatic heterocycles. The average molecular weight is 317 g/mol. The quantitative estimate of drug-likeness (QED) is 0.884. The highest BCUT2D eigenvalue weighted by molar-refractivity contribution is 5.89. The van der Waals surface area contributed by atoms with Crippen molar-refractivity contribution in [3.63, 3.8) is 0 Å². The van der Waals surface area contributed by atoms with E-state index in [0.717, 1.165) is 6.42 Å². The van der Waals surface area contributed by atoms with Gasteiger partial charge in [0.15, 0.2) is 0 Å². The van der Waals surface area contributed by atoms with Crippen LogP contribution >= 0.6 is 0 Å². The van der Waals surface area contributed by atoms with E-state index in [4.69, 9.17) is 0 Å². The van der Waals surface area contributed by atoms with E-state index in [2.05, 4.69) is 10.4 Å². The molecule has 1 saturated carbocycles. The number of rotatable bonds is 5. The van der Waals surface area contributed by atoms with Crippen molar-refractivity contribution in [1.29, 1.82) is 0 Å². The second kappa shape index (κ2) is 6.12. The molecule has 1 aliphatic carbocycles. The first-order chi connectivity index (χ1) is 11.0. The van der Waals surface area contributed by atoms with Crippen molar-refractivity contribution in [2.45, 2.75) is 30.8 Å². The van der Waals surface area contributed by atoms with Gasteiger partial charge in [0, 0.05) is 25.4 Å². The van der Waals surface area contributed by atoms with Crippen LogP contribution in [0.1, 0.15) is 36.5 Å². The lowest BCUT2D eigenvalue weighted by molar-refractivity contribution is -0.130. The Kier molecular flexibility index (Phi) is 4.17. The molecule has 1 amide bonds. The summed E-state index contributed by atoms with van der Waals surface area (Å²) in [5.41, 5.74) is 0.690. The SMILES string of the molecule is Cn1cc([C@H](O)CNC(=O)C2(c3cccc(F)c3)CCC2)cn1. The van der Waals surface area contributed by atoms with E-state index in [9.17, 15) is 14.3 Å². The van der Waals surface area contributed by atoms with E-state index >= 15 is 0 Å². The summed E-state index contributed by atoms with van der Waals surface area (Å²) in [5, 5.41) is 16.9. The van der Waals surface area contributed by atoms with Crippen LogP contribution in [-0.4, -0.2) is 27.3 Å². The highest BCUT2D eigenvalue weighted by Gasteiger charge is 2.45. The molecular formula is C17H20FN3O2. The van der Waals surface area contributed by atoms with Crippen LogP contribution in [0.5, 0.6) is 0 Å². The van der Waals surface area contributed by atoms with Gasteiger partial charge in [-0.1, -0.05) is 18.6 Å². The lowest BCUT2D eigenvalue weighted by Crippen LogP contribution is -2.50. The Balaban J connectivity index is 1.69. The van der Waals surface area contributed by atoms with Crippen LogP contribution < -0.4 is 5.32 Å². The predicted octanol–water partition coefficient (Wildman–Crippen LogP) is 1.83. The third-order valence-electron chi connectivity index (χ3n) is 4.58. The van der Waals surface area contributed by atoms with Gasteiger partial charge in [0.1, 0.15) is 5.82 Å². The topological polar surface area (TPSA) is 67.2 Å². The highest BCUT2D eigenvalue weighted by atomic mass is 19.1. The molecule has 1 atom stereocenters. The summed E-state index contributed by atoms with van der Waals surface area (Å²) in [7, 11) is 1.77. The van der Waals surface area contributed by atoms with Crippen LogP contribution in [-0.2, 0) is 17.3 Å². The minimum atomic E-state index is -0.808. The Labute approximate surface area is 134 Å². The Hall–Kier alpha value is -2.21. The summed E-state index contributed by atoms with van der Waals surface area (Å²) in [6.07, 6.45) is 4.81. The molecule has 0 unspecified atom stereocenters. The number of aliphatic hydroxyl groups is 1. The predicted molar refractivity (Wildman–Crippen MR) is 83.1 cm³/mol. The molecule has 23 heavy (non-hydrogen) atoms. The van der Waals surface area contributed by atoms with E-state index in [-0.39, 0.29) is 18.3 Å². The fourth-order valence-electron chi connectivity index (χ4n) is 3.05. The normalized spacial score (nSPS) is 17.3. The summed E-state index contributed by atoms with van der Waals surface area (Å²) < 4.78 is 15.1. The number of hydrogen-bond donors (Lipinski definition) is 2. The number of carbonyl (C=O) groups excluding carboxylic acids is 1. The number of benzene rings is 1. The third kappa shape index (κ3) is 2.99. The second-order valence-corrected chi connectivity index (χ2v) is 6.12. The summed E-state index contributed by atoms with van der Waals surface area (Å²) in [6, 6.07) is 6.22. The van der Waals surface area contributed by atoms with Crippen molar-refractivity contribution in [2.75, 3.05) is 6.54 Å². The summed E-state index contributed by atoms with van der Waals surface area (Å²) >= 11 is 0. The first kappa shape index (κ1) is 15.7. The maximum absolute atomic E-state index is 13.5. The van der Waals surface area contributed by atoms with Crippen molar-refractivity contribution in [3.8, 4) is 0 Å². The number of hydrogen-bond acceptors (Lipinski definition) is 3. The first-order valence-corrected chi connectivity index (χ1v) is 7.72. The van der Waals surface area contributed by atoms with Crippen LogP contribution in [0.15, 0.2) is 36.7 Å². The molecule has 2 N–H and O–H groups in total. The highest BCUT2D eigenvalue weighted by Crippen LogP contribution is 2.44. The van der Waals surface area contributed by atoms with Gasteiger partial charge in [-0.2, -0.15) is 5.10 Å². The van der Waals surface area contributed by atoms with Gasteiger partial charge in [-0.3, -0.25) is 9.48 Å². The maximum atomic E-state index is 13.5. The lowest BCUT2D eigenvalue weighted by atomic mass is 9.63. The van der Waals surface area contributed by atoms with E-state index in [1.807, 2.05) is 0 Å². The number of nitrogens with zero attached hydrogens (tertiary/aromatic N) is 2. The first-order valence-electron chi connectivity index (χ1n) is 7.72. The van der Waals surface area contributed by atoms with Crippen LogP contribution in [0.4, 0.5) is 4.39 Å². The molecule has 0 spiro atoms. The van der Waals surface area contributed by atoms with Crippen molar-refractivity contribution in [1.82, 2.24) is 15.1 Å². The number of aromatic nitrogens is 2. The summed E-state index contributed by atoms with van der Waals surface area (Å²) in [4.78, 5) is 12.6. The van der Waals surface area contributed by atoms with E-state index in [0.29, 0.717) is 24.0 Å². The fourth-order valence-corrected chi connectivity index (χ4v) is 3.05. The fraction of sp³-hybridized carbons (Fsp3) is 0.412. The number of nitrogens with one attached hydrogen (secondary N) is 1. The number of carbonyl (C=O) groups is 1. The van der Waals surface area contributed by atoms with Gasteiger partial charge >= 0.3 is 0 Å². The van der Waals surface area contributed by atoms with E-state index in [1.165, 1.54) is 12.1 Å². The molecule has 1 aliphatic rings. The Bertz CT molecular complexity index is 709. The third-order valence-corrected chi connectivity index (χ3v) is 4.58. The number of aliphatic hydroxyl groups excluding tert-OH is 1.